The predicted molar refractivity (Wildman–Crippen MR) is 48.5 cm³/mol. The molecule has 0 aliphatic rings. The molecule has 70 valence electrons. The zero-order chi connectivity index (χ0) is 9.84. The number of aromatic nitrogens is 1. The van der Waals surface area contributed by atoms with Crippen LogP contribution in [0.1, 0.15) is 5.56 Å². The minimum absolute atomic E-state index is 0.163. The molecule has 0 bridgehead atoms. The number of hydrogen-bond acceptors (Lipinski definition) is 4. The Hall–Kier alpha value is -1.56. The number of carbonyl (C=O) groups excluding carboxylic acids is 1. The van der Waals surface area contributed by atoms with Crippen molar-refractivity contribution in [2.24, 2.45) is 5.73 Å². The molecule has 0 unspecified atom stereocenters. The van der Waals surface area contributed by atoms with Gasteiger partial charge in [0, 0.05) is 17.4 Å². The zero-order valence-electron chi connectivity index (χ0n) is 6.70. The predicted octanol–water partition coefficient (Wildman–Crippen LogP) is 0.588. The van der Waals surface area contributed by atoms with Crippen LogP contribution in [0.15, 0.2) is 22.5 Å². The molecule has 3 N–H and O–H groups in total. The van der Waals surface area contributed by atoms with E-state index in [0.717, 1.165) is 0 Å². The van der Waals surface area contributed by atoms with Gasteiger partial charge in [0.2, 0.25) is 0 Å². The minimum Gasteiger partial charge on any atom is -0.415 e. The number of rotatable bonds is 3. The first-order valence-corrected chi connectivity index (χ1v) is 4.27. The van der Waals surface area contributed by atoms with Crippen molar-refractivity contribution in [2.45, 2.75) is 6.42 Å². The summed E-state index contributed by atoms with van der Waals surface area (Å²) in [6.07, 6.45) is -0.724. The summed E-state index contributed by atoms with van der Waals surface area (Å²) in [6.45, 7) is 3.44. The Morgan fingerprint density at radius 2 is 2.46 bits per heavy atom. The number of nitrogens with one attached hydrogen (secondary N) is 1. The third-order valence-corrected chi connectivity index (χ3v) is 1.98. The summed E-state index contributed by atoms with van der Waals surface area (Å²) in [6, 6.07) is 0. The second kappa shape index (κ2) is 3.90. The maximum Gasteiger partial charge on any atom is 0.409 e. The first-order valence-electron chi connectivity index (χ1n) is 3.39. The summed E-state index contributed by atoms with van der Waals surface area (Å²) >= 11 is 1.18. The van der Waals surface area contributed by atoms with Crippen molar-refractivity contribution < 1.29 is 9.53 Å². The maximum absolute atomic E-state index is 11.0. The van der Waals surface area contributed by atoms with Crippen molar-refractivity contribution in [3.63, 3.8) is 0 Å². The van der Waals surface area contributed by atoms with Crippen LogP contribution in [0.25, 0.3) is 0 Å². The highest BCUT2D eigenvalue weighted by Crippen LogP contribution is 2.04. The third kappa shape index (κ3) is 2.75. The van der Waals surface area contributed by atoms with E-state index in [1.165, 1.54) is 11.5 Å². The normalized spacial score (nSPS) is 9.54. The molecule has 0 fully saturated rings. The molecule has 1 aromatic heterocycles. The zero-order valence-corrected chi connectivity index (χ0v) is 7.52. The molecule has 1 rings (SSSR count). The standard InChI is InChI=1S/C7H8N2O3S/c1-4(12-7(8)11)2-5-3-13-9-6(5)10/h3H,1-2H2,(H2,8,11)(H,9,10). The van der Waals surface area contributed by atoms with E-state index in [9.17, 15) is 9.59 Å². The minimum atomic E-state index is -0.920. The second-order valence-electron chi connectivity index (χ2n) is 2.33. The molecule has 6 heteroatoms. The van der Waals surface area contributed by atoms with E-state index < -0.39 is 6.09 Å². The monoisotopic (exact) mass is 200 g/mol. The number of aromatic amines is 1. The molecule has 0 aliphatic heterocycles. The Bertz CT molecular complexity index is 379. The fourth-order valence-electron chi connectivity index (χ4n) is 0.786. The summed E-state index contributed by atoms with van der Waals surface area (Å²) in [5, 5.41) is 1.64. The average molecular weight is 200 g/mol. The van der Waals surface area contributed by atoms with Crippen LogP contribution < -0.4 is 11.3 Å². The van der Waals surface area contributed by atoms with Crippen LogP contribution >= 0.6 is 11.5 Å². The van der Waals surface area contributed by atoms with Gasteiger partial charge >= 0.3 is 6.09 Å². The number of allylic oxidation sites excluding steroid dienone is 1. The average Bonchev–Trinajstić information content (AvgIpc) is 2.34. The van der Waals surface area contributed by atoms with Crippen LogP contribution in [-0.4, -0.2) is 10.5 Å². The highest BCUT2D eigenvalue weighted by atomic mass is 32.1. The molecule has 1 heterocycles. The highest BCUT2D eigenvalue weighted by Gasteiger charge is 2.05. The van der Waals surface area contributed by atoms with E-state index in [-0.39, 0.29) is 17.7 Å². The van der Waals surface area contributed by atoms with Crippen LogP contribution in [0.5, 0.6) is 0 Å². The molecule has 0 spiro atoms. The quantitative estimate of drug-likeness (QED) is 0.700. The van der Waals surface area contributed by atoms with E-state index in [4.69, 9.17) is 5.73 Å². The molecule has 5 nitrogen and oxygen atoms in total. The van der Waals surface area contributed by atoms with Gasteiger partial charge in [0.15, 0.2) is 0 Å². The smallest absolute Gasteiger partial charge is 0.409 e. The lowest BCUT2D eigenvalue weighted by atomic mass is 10.2. The maximum atomic E-state index is 11.0. The Kier molecular flexibility index (Phi) is 2.86. The molecular weight excluding hydrogens is 192 g/mol. The van der Waals surface area contributed by atoms with Gasteiger partial charge in [-0.2, -0.15) is 0 Å². The molecule has 0 aromatic carbocycles. The molecule has 0 saturated carbocycles. The summed E-state index contributed by atoms with van der Waals surface area (Å²) in [5.74, 6) is 0.163. The van der Waals surface area contributed by atoms with Gasteiger partial charge < -0.3 is 10.5 Å². The van der Waals surface area contributed by atoms with E-state index in [2.05, 4.69) is 15.7 Å². The van der Waals surface area contributed by atoms with Gasteiger partial charge in [-0.25, -0.2) is 4.79 Å². The number of primary amides is 1. The molecule has 0 radical (unpaired) electrons. The fourth-order valence-corrected chi connectivity index (χ4v) is 1.42. The number of ether oxygens (including phenoxy) is 1. The lowest BCUT2D eigenvalue weighted by molar-refractivity contribution is 0.185. The van der Waals surface area contributed by atoms with Gasteiger partial charge in [0.05, 0.1) is 0 Å². The summed E-state index contributed by atoms with van der Waals surface area (Å²) in [7, 11) is 0. The molecule has 13 heavy (non-hydrogen) atoms. The van der Waals surface area contributed by atoms with Gasteiger partial charge in [-0.3, -0.25) is 9.17 Å². The number of hydrogen-bond donors (Lipinski definition) is 2. The summed E-state index contributed by atoms with van der Waals surface area (Å²) in [4.78, 5) is 21.3. The van der Waals surface area contributed by atoms with Crippen LogP contribution in [0, 0.1) is 0 Å². The third-order valence-electron chi connectivity index (χ3n) is 1.28. The van der Waals surface area contributed by atoms with Gasteiger partial charge in [0.1, 0.15) is 5.76 Å². The molecule has 0 atom stereocenters. The van der Waals surface area contributed by atoms with Crippen LogP contribution in [0.3, 0.4) is 0 Å². The highest BCUT2D eigenvalue weighted by molar-refractivity contribution is 7.03. The van der Waals surface area contributed by atoms with Gasteiger partial charge in [-0.1, -0.05) is 18.1 Å². The van der Waals surface area contributed by atoms with Crippen molar-refractivity contribution in [3.8, 4) is 0 Å². The van der Waals surface area contributed by atoms with E-state index in [1.54, 1.807) is 5.38 Å². The van der Waals surface area contributed by atoms with Gasteiger partial charge in [-0.05, 0) is 0 Å². The first kappa shape index (κ1) is 9.53. The first-order chi connectivity index (χ1) is 6.09. The Balaban J connectivity index is 2.60. The Labute approximate surface area is 78.0 Å². The fraction of sp³-hybridized carbons (Fsp3) is 0.143. The molecule has 0 aliphatic carbocycles. The SMILES string of the molecule is C=C(Cc1cs[nH]c1=O)OC(N)=O. The molecule has 0 saturated heterocycles. The van der Waals surface area contributed by atoms with Crippen molar-refractivity contribution in [2.75, 3.05) is 0 Å². The van der Waals surface area contributed by atoms with Crippen molar-refractivity contribution in [3.05, 3.63) is 33.6 Å². The lowest BCUT2D eigenvalue weighted by Crippen LogP contribution is -2.14. The molecule has 1 amide bonds. The molecule has 1 aromatic rings. The van der Waals surface area contributed by atoms with Gasteiger partial charge in [-0.15, -0.1) is 0 Å². The second-order valence-corrected chi connectivity index (χ2v) is 3.00. The van der Waals surface area contributed by atoms with Crippen LogP contribution in [0.2, 0.25) is 0 Å². The van der Waals surface area contributed by atoms with E-state index in [1.807, 2.05) is 0 Å². The van der Waals surface area contributed by atoms with E-state index in [0.29, 0.717) is 5.56 Å². The largest absolute Gasteiger partial charge is 0.415 e. The van der Waals surface area contributed by atoms with Crippen molar-refractivity contribution in [1.29, 1.82) is 0 Å². The van der Waals surface area contributed by atoms with E-state index >= 15 is 0 Å². The summed E-state index contributed by atoms with van der Waals surface area (Å²) in [5.41, 5.74) is 5.07. The Morgan fingerprint density at radius 3 is 2.92 bits per heavy atom. The van der Waals surface area contributed by atoms with Crippen LogP contribution in [-0.2, 0) is 11.2 Å². The summed E-state index contributed by atoms with van der Waals surface area (Å²) < 4.78 is 6.98. The topological polar surface area (TPSA) is 85.2 Å². The number of carbonyl (C=O) groups is 1. The number of amides is 1. The Morgan fingerprint density at radius 1 is 1.77 bits per heavy atom. The molecular formula is C7H8N2O3S. The van der Waals surface area contributed by atoms with Gasteiger partial charge in [0.25, 0.3) is 5.56 Å². The number of H-pyrrole nitrogens is 1. The van der Waals surface area contributed by atoms with Crippen molar-refractivity contribution >= 4 is 17.6 Å². The lowest BCUT2D eigenvalue weighted by Gasteiger charge is -2.00. The number of nitrogens with two attached hydrogens (primary N) is 1. The van der Waals surface area contributed by atoms with Crippen LogP contribution in [0.4, 0.5) is 4.79 Å². The van der Waals surface area contributed by atoms with Crippen molar-refractivity contribution in [1.82, 2.24) is 4.37 Å².